The Morgan fingerprint density at radius 2 is 2.10 bits per heavy atom. The number of hydrogen-bond acceptors (Lipinski definition) is 5. The molecule has 0 radical (unpaired) electrons. The zero-order chi connectivity index (χ0) is 15.4. The molecule has 0 atom stereocenters. The number of methoxy groups -OCH3 is 1. The van der Waals surface area contributed by atoms with Crippen LogP contribution in [0.4, 0.5) is 5.82 Å². The van der Waals surface area contributed by atoms with Gasteiger partial charge in [-0.3, -0.25) is 9.59 Å². The minimum Gasteiger partial charge on any atom is -0.497 e. The third-order valence-electron chi connectivity index (χ3n) is 3.05. The maximum absolute atomic E-state index is 11.2. The number of aromatic nitrogens is 2. The SMILES string of the molecule is COc1ccc(-c2nn(CCC(=O)O)c(N)c2C=O)cc1. The van der Waals surface area contributed by atoms with Gasteiger partial charge in [0.05, 0.1) is 25.6 Å². The number of hydrogen-bond donors (Lipinski definition) is 2. The highest BCUT2D eigenvalue weighted by Crippen LogP contribution is 2.27. The maximum atomic E-state index is 11.2. The van der Waals surface area contributed by atoms with Crippen molar-refractivity contribution < 1.29 is 19.4 Å². The molecule has 0 fully saturated rings. The predicted octanol–water partition coefficient (Wildman–Crippen LogP) is 1.43. The second-order valence-electron chi connectivity index (χ2n) is 4.36. The first kappa shape index (κ1) is 14.6. The van der Waals surface area contributed by atoms with Crippen molar-refractivity contribution in [3.8, 4) is 17.0 Å². The maximum Gasteiger partial charge on any atom is 0.305 e. The standard InChI is InChI=1S/C14H15N3O4/c1-21-10-4-2-9(3-5-10)13-11(8-18)14(15)17(16-13)7-6-12(19)20/h2-5,8H,6-7,15H2,1H3,(H,19,20). The lowest BCUT2D eigenvalue weighted by molar-refractivity contribution is -0.137. The van der Waals surface area contributed by atoms with Crippen LogP contribution in [0.25, 0.3) is 11.3 Å². The van der Waals surface area contributed by atoms with Crippen LogP contribution in [0.1, 0.15) is 16.8 Å². The summed E-state index contributed by atoms with van der Waals surface area (Å²) in [5.74, 6) is -0.106. The Bertz CT molecular complexity index is 662. The zero-order valence-electron chi connectivity index (χ0n) is 11.4. The first-order valence-corrected chi connectivity index (χ1v) is 6.24. The molecule has 1 aromatic heterocycles. The van der Waals surface area contributed by atoms with Gasteiger partial charge in [0, 0.05) is 5.56 Å². The number of nitrogens with zero attached hydrogens (tertiary/aromatic N) is 2. The minimum atomic E-state index is -0.955. The van der Waals surface area contributed by atoms with Crippen LogP contribution in [0.3, 0.4) is 0 Å². The van der Waals surface area contributed by atoms with Crippen LogP contribution in [-0.2, 0) is 11.3 Å². The highest BCUT2D eigenvalue weighted by molar-refractivity contribution is 5.91. The molecule has 0 aliphatic rings. The topological polar surface area (TPSA) is 107 Å². The van der Waals surface area contributed by atoms with Crippen molar-refractivity contribution in [2.24, 2.45) is 0 Å². The Kier molecular flexibility index (Phi) is 4.22. The van der Waals surface area contributed by atoms with Crippen molar-refractivity contribution in [3.63, 3.8) is 0 Å². The fourth-order valence-electron chi connectivity index (χ4n) is 1.94. The number of carboxylic acid groups (broad SMARTS) is 1. The molecule has 7 heteroatoms. The van der Waals surface area contributed by atoms with Crippen molar-refractivity contribution >= 4 is 18.1 Å². The average Bonchev–Trinajstić information content (AvgIpc) is 2.81. The molecule has 2 aromatic rings. The molecule has 0 amide bonds. The van der Waals surface area contributed by atoms with Crippen LogP contribution in [0, 0.1) is 0 Å². The molecule has 0 spiro atoms. The van der Waals surface area contributed by atoms with Crippen molar-refractivity contribution in [2.75, 3.05) is 12.8 Å². The van der Waals surface area contributed by atoms with Gasteiger partial charge in [0.15, 0.2) is 6.29 Å². The van der Waals surface area contributed by atoms with E-state index in [0.29, 0.717) is 23.3 Å². The van der Waals surface area contributed by atoms with Crippen molar-refractivity contribution in [1.29, 1.82) is 0 Å². The molecule has 2 rings (SSSR count). The summed E-state index contributed by atoms with van der Waals surface area (Å²) in [7, 11) is 1.56. The fraction of sp³-hybridized carbons (Fsp3) is 0.214. The van der Waals surface area contributed by atoms with Gasteiger partial charge in [0.25, 0.3) is 0 Å². The number of carbonyl (C=O) groups excluding carboxylic acids is 1. The largest absolute Gasteiger partial charge is 0.497 e. The van der Waals surface area contributed by atoms with Gasteiger partial charge >= 0.3 is 5.97 Å². The summed E-state index contributed by atoms with van der Waals surface area (Å²) in [6, 6.07) is 7.01. The molecule has 0 aliphatic heterocycles. The summed E-state index contributed by atoms with van der Waals surface area (Å²) in [5, 5.41) is 12.9. The van der Waals surface area contributed by atoms with Gasteiger partial charge in [-0.1, -0.05) is 0 Å². The van der Waals surface area contributed by atoms with Gasteiger partial charge in [-0.05, 0) is 24.3 Å². The first-order chi connectivity index (χ1) is 10.1. The molecule has 0 unspecified atom stereocenters. The van der Waals surface area contributed by atoms with Crippen LogP contribution in [0.5, 0.6) is 5.75 Å². The van der Waals surface area contributed by atoms with Crippen LogP contribution >= 0.6 is 0 Å². The molecule has 1 heterocycles. The second-order valence-corrected chi connectivity index (χ2v) is 4.36. The summed E-state index contributed by atoms with van der Waals surface area (Å²) < 4.78 is 6.40. The number of aryl methyl sites for hydroxylation is 1. The Balaban J connectivity index is 2.39. The molecular formula is C14H15N3O4. The van der Waals surface area contributed by atoms with E-state index in [1.54, 1.807) is 31.4 Å². The Morgan fingerprint density at radius 3 is 2.62 bits per heavy atom. The van der Waals surface area contributed by atoms with E-state index in [1.165, 1.54) is 4.68 Å². The van der Waals surface area contributed by atoms with Crippen molar-refractivity contribution in [1.82, 2.24) is 9.78 Å². The predicted molar refractivity (Wildman–Crippen MR) is 76.3 cm³/mol. The molecule has 0 saturated heterocycles. The third-order valence-corrected chi connectivity index (χ3v) is 3.05. The number of aldehydes is 1. The summed E-state index contributed by atoms with van der Waals surface area (Å²) in [6.07, 6.45) is 0.505. The van der Waals surface area contributed by atoms with Crippen molar-refractivity contribution in [3.05, 3.63) is 29.8 Å². The zero-order valence-corrected chi connectivity index (χ0v) is 11.4. The molecule has 110 valence electrons. The van der Waals surface area contributed by atoms with E-state index >= 15 is 0 Å². The van der Waals surface area contributed by atoms with Gasteiger partial charge in [0.2, 0.25) is 0 Å². The Morgan fingerprint density at radius 1 is 1.43 bits per heavy atom. The lowest BCUT2D eigenvalue weighted by Crippen LogP contribution is -2.09. The molecule has 0 aliphatic carbocycles. The summed E-state index contributed by atoms with van der Waals surface area (Å²) in [4.78, 5) is 21.8. The van der Waals surface area contributed by atoms with Gasteiger partial charge in [-0.2, -0.15) is 5.10 Å². The number of carbonyl (C=O) groups is 2. The van der Waals surface area contributed by atoms with E-state index in [4.69, 9.17) is 15.6 Å². The van der Waals surface area contributed by atoms with Crippen molar-refractivity contribution in [2.45, 2.75) is 13.0 Å². The molecule has 0 bridgehead atoms. The van der Waals surface area contributed by atoms with Gasteiger partial charge in [-0.25, -0.2) is 4.68 Å². The van der Waals surface area contributed by atoms with E-state index in [1.807, 2.05) is 0 Å². The Hall–Kier alpha value is -2.83. The number of rotatable bonds is 6. The minimum absolute atomic E-state index is 0.109. The summed E-state index contributed by atoms with van der Waals surface area (Å²) in [6.45, 7) is 0.109. The first-order valence-electron chi connectivity index (χ1n) is 6.24. The monoisotopic (exact) mass is 289 g/mol. The van der Waals surface area contributed by atoms with Gasteiger partial charge in [0.1, 0.15) is 17.3 Å². The average molecular weight is 289 g/mol. The van der Waals surface area contributed by atoms with Gasteiger partial charge in [-0.15, -0.1) is 0 Å². The lowest BCUT2D eigenvalue weighted by atomic mass is 10.1. The molecular weight excluding hydrogens is 274 g/mol. The highest BCUT2D eigenvalue weighted by atomic mass is 16.5. The number of benzene rings is 1. The van der Waals surface area contributed by atoms with E-state index < -0.39 is 5.97 Å². The van der Waals surface area contributed by atoms with Crippen LogP contribution in [-0.4, -0.2) is 34.3 Å². The quantitative estimate of drug-likeness (QED) is 0.779. The summed E-state index contributed by atoms with van der Waals surface area (Å²) >= 11 is 0. The van der Waals surface area contributed by atoms with Gasteiger partial charge < -0.3 is 15.6 Å². The van der Waals surface area contributed by atoms with Crippen LogP contribution < -0.4 is 10.5 Å². The smallest absolute Gasteiger partial charge is 0.305 e. The summed E-state index contributed by atoms with van der Waals surface area (Å²) in [5.41, 5.74) is 7.23. The van der Waals surface area contributed by atoms with E-state index in [-0.39, 0.29) is 24.3 Å². The lowest BCUT2D eigenvalue weighted by Gasteiger charge is -2.01. The fourth-order valence-corrected chi connectivity index (χ4v) is 1.94. The van der Waals surface area contributed by atoms with E-state index in [9.17, 15) is 9.59 Å². The van der Waals surface area contributed by atoms with Crippen LogP contribution in [0.2, 0.25) is 0 Å². The number of anilines is 1. The Labute approximate surface area is 120 Å². The van der Waals surface area contributed by atoms with E-state index in [0.717, 1.165) is 0 Å². The third kappa shape index (κ3) is 3.02. The number of carboxylic acids is 1. The highest BCUT2D eigenvalue weighted by Gasteiger charge is 2.17. The number of nitrogens with two attached hydrogens (primary N) is 1. The number of aliphatic carboxylic acids is 1. The molecule has 7 nitrogen and oxygen atoms in total. The molecule has 0 saturated carbocycles. The number of nitrogen functional groups attached to an aromatic ring is 1. The normalized spacial score (nSPS) is 10.3. The molecule has 21 heavy (non-hydrogen) atoms. The second kappa shape index (κ2) is 6.08. The number of ether oxygens (including phenoxy) is 1. The van der Waals surface area contributed by atoms with E-state index in [2.05, 4.69) is 5.10 Å². The van der Waals surface area contributed by atoms with Crippen LogP contribution in [0.15, 0.2) is 24.3 Å². The molecule has 1 aromatic carbocycles. The molecule has 3 N–H and O–H groups in total.